The van der Waals surface area contributed by atoms with Crippen LogP contribution < -0.4 is 5.32 Å². The van der Waals surface area contributed by atoms with Gasteiger partial charge in [-0.15, -0.1) is 0 Å². The minimum atomic E-state index is -0.686. The molecule has 0 unspecified atom stereocenters. The Balaban J connectivity index is 2.02. The Morgan fingerprint density at radius 1 is 1.40 bits per heavy atom. The number of rotatable bonds is 8. The van der Waals surface area contributed by atoms with Gasteiger partial charge < -0.3 is 10.4 Å². The van der Waals surface area contributed by atoms with Crippen molar-refractivity contribution in [1.82, 2.24) is 5.32 Å². The highest BCUT2D eigenvalue weighted by Gasteiger charge is 2.22. The van der Waals surface area contributed by atoms with Crippen molar-refractivity contribution in [2.75, 3.05) is 13.1 Å². The summed E-state index contributed by atoms with van der Waals surface area (Å²) < 4.78 is 0. The number of carboxylic acids is 1. The molecule has 0 atom stereocenters. The van der Waals surface area contributed by atoms with E-state index in [4.69, 9.17) is 5.11 Å². The first kappa shape index (κ1) is 12.5. The summed E-state index contributed by atoms with van der Waals surface area (Å²) in [6.45, 7) is 6.46. The molecule has 1 aliphatic rings. The second kappa shape index (κ2) is 5.50. The summed E-state index contributed by atoms with van der Waals surface area (Å²) in [4.78, 5) is 10.5. The van der Waals surface area contributed by atoms with Crippen molar-refractivity contribution in [3.63, 3.8) is 0 Å². The third-order valence-electron chi connectivity index (χ3n) is 3.12. The van der Waals surface area contributed by atoms with Crippen LogP contribution in [-0.4, -0.2) is 24.2 Å². The van der Waals surface area contributed by atoms with Gasteiger partial charge in [-0.1, -0.05) is 13.8 Å². The Morgan fingerprint density at radius 2 is 2.07 bits per heavy atom. The molecular formula is C12H23NO2. The summed E-state index contributed by atoms with van der Waals surface area (Å²) in [6.07, 6.45) is 4.89. The molecule has 0 amide bonds. The minimum Gasteiger partial charge on any atom is -0.481 e. The fourth-order valence-corrected chi connectivity index (χ4v) is 1.63. The zero-order valence-corrected chi connectivity index (χ0v) is 9.88. The standard InChI is InChI=1S/C12H23NO2/c1-12(2,6-5-11(14)15)7-8-13-9-10-3-4-10/h10,13H,3-9H2,1-2H3,(H,14,15). The van der Waals surface area contributed by atoms with Crippen LogP contribution in [0.5, 0.6) is 0 Å². The quantitative estimate of drug-likeness (QED) is 0.608. The number of hydrogen-bond acceptors (Lipinski definition) is 2. The van der Waals surface area contributed by atoms with Crippen LogP contribution in [-0.2, 0) is 4.79 Å². The molecule has 0 aromatic heterocycles. The Labute approximate surface area is 92.3 Å². The Bertz CT molecular complexity index is 210. The van der Waals surface area contributed by atoms with E-state index in [-0.39, 0.29) is 11.8 Å². The molecule has 0 bridgehead atoms. The lowest BCUT2D eigenvalue weighted by atomic mass is 9.84. The van der Waals surface area contributed by atoms with Crippen molar-refractivity contribution in [3.05, 3.63) is 0 Å². The van der Waals surface area contributed by atoms with Crippen molar-refractivity contribution < 1.29 is 9.90 Å². The number of carbonyl (C=O) groups is 1. The zero-order chi connectivity index (χ0) is 11.3. The van der Waals surface area contributed by atoms with Crippen molar-refractivity contribution in [3.8, 4) is 0 Å². The van der Waals surface area contributed by atoms with Gasteiger partial charge in [-0.05, 0) is 50.1 Å². The van der Waals surface area contributed by atoms with Crippen LogP contribution in [0.25, 0.3) is 0 Å². The lowest BCUT2D eigenvalue weighted by Gasteiger charge is -2.23. The van der Waals surface area contributed by atoms with Crippen LogP contribution in [0.3, 0.4) is 0 Å². The maximum Gasteiger partial charge on any atom is 0.303 e. The number of hydrogen-bond donors (Lipinski definition) is 2. The zero-order valence-electron chi connectivity index (χ0n) is 9.88. The molecule has 88 valence electrons. The molecule has 0 saturated heterocycles. The molecule has 1 aliphatic carbocycles. The highest BCUT2D eigenvalue weighted by Crippen LogP contribution is 2.28. The molecule has 2 N–H and O–H groups in total. The van der Waals surface area contributed by atoms with Gasteiger partial charge in [-0.25, -0.2) is 0 Å². The van der Waals surface area contributed by atoms with Crippen molar-refractivity contribution in [1.29, 1.82) is 0 Å². The number of carboxylic acid groups (broad SMARTS) is 1. The van der Waals surface area contributed by atoms with Gasteiger partial charge in [-0.3, -0.25) is 4.79 Å². The van der Waals surface area contributed by atoms with Gasteiger partial charge in [0.25, 0.3) is 0 Å². The SMILES string of the molecule is CC(C)(CCNCC1CC1)CCC(=O)O. The predicted molar refractivity (Wildman–Crippen MR) is 60.9 cm³/mol. The van der Waals surface area contributed by atoms with Crippen LogP contribution in [0.2, 0.25) is 0 Å². The summed E-state index contributed by atoms with van der Waals surface area (Å²) >= 11 is 0. The van der Waals surface area contributed by atoms with Crippen molar-refractivity contribution in [2.45, 2.75) is 46.0 Å². The third-order valence-corrected chi connectivity index (χ3v) is 3.12. The van der Waals surface area contributed by atoms with E-state index < -0.39 is 5.97 Å². The molecule has 1 rings (SSSR count). The maximum atomic E-state index is 10.5. The van der Waals surface area contributed by atoms with E-state index in [1.54, 1.807) is 0 Å². The number of aliphatic carboxylic acids is 1. The van der Waals surface area contributed by atoms with Crippen LogP contribution in [0, 0.1) is 11.3 Å². The highest BCUT2D eigenvalue weighted by atomic mass is 16.4. The van der Waals surface area contributed by atoms with Gasteiger partial charge in [0, 0.05) is 6.42 Å². The fraction of sp³-hybridized carbons (Fsp3) is 0.917. The van der Waals surface area contributed by atoms with Gasteiger partial charge in [0.2, 0.25) is 0 Å². The molecule has 0 aromatic rings. The topological polar surface area (TPSA) is 49.3 Å². The van der Waals surface area contributed by atoms with Crippen molar-refractivity contribution >= 4 is 5.97 Å². The summed E-state index contributed by atoms with van der Waals surface area (Å²) in [5, 5.41) is 12.1. The Hall–Kier alpha value is -0.570. The van der Waals surface area contributed by atoms with Gasteiger partial charge in [0.1, 0.15) is 0 Å². The van der Waals surface area contributed by atoms with Gasteiger partial charge in [0.15, 0.2) is 0 Å². The van der Waals surface area contributed by atoms with E-state index in [1.807, 2.05) is 0 Å². The fourth-order valence-electron chi connectivity index (χ4n) is 1.63. The first-order chi connectivity index (χ1) is 6.99. The van der Waals surface area contributed by atoms with Gasteiger partial charge in [-0.2, -0.15) is 0 Å². The van der Waals surface area contributed by atoms with Gasteiger partial charge in [0.05, 0.1) is 0 Å². The van der Waals surface area contributed by atoms with E-state index in [1.165, 1.54) is 12.8 Å². The van der Waals surface area contributed by atoms with E-state index in [2.05, 4.69) is 19.2 Å². The Morgan fingerprint density at radius 3 is 2.60 bits per heavy atom. The van der Waals surface area contributed by atoms with E-state index >= 15 is 0 Å². The molecule has 3 heteroatoms. The molecule has 1 saturated carbocycles. The summed E-state index contributed by atoms with van der Waals surface area (Å²) in [5.74, 6) is 0.237. The van der Waals surface area contributed by atoms with Crippen LogP contribution in [0.4, 0.5) is 0 Å². The van der Waals surface area contributed by atoms with Crippen LogP contribution in [0.1, 0.15) is 46.0 Å². The minimum absolute atomic E-state index is 0.148. The number of nitrogens with one attached hydrogen (secondary N) is 1. The lowest BCUT2D eigenvalue weighted by molar-refractivity contribution is -0.137. The average Bonchev–Trinajstić information content (AvgIpc) is 2.93. The highest BCUT2D eigenvalue weighted by molar-refractivity contribution is 5.66. The Kier molecular flexibility index (Phi) is 4.58. The average molecular weight is 213 g/mol. The van der Waals surface area contributed by atoms with E-state index in [0.717, 1.165) is 31.8 Å². The van der Waals surface area contributed by atoms with Crippen molar-refractivity contribution in [2.24, 2.45) is 11.3 Å². The van der Waals surface area contributed by atoms with Gasteiger partial charge >= 0.3 is 5.97 Å². The largest absolute Gasteiger partial charge is 0.481 e. The maximum absolute atomic E-state index is 10.5. The summed E-state index contributed by atoms with van der Waals surface area (Å²) in [7, 11) is 0. The third kappa shape index (κ3) is 6.50. The monoisotopic (exact) mass is 213 g/mol. The first-order valence-electron chi connectivity index (χ1n) is 5.92. The lowest BCUT2D eigenvalue weighted by Crippen LogP contribution is -2.24. The normalized spacial score (nSPS) is 16.7. The second-order valence-electron chi connectivity index (χ2n) is 5.46. The summed E-state index contributed by atoms with van der Waals surface area (Å²) in [5.41, 5.74) is 0.148. The molecule has 0 radical (unpaired) electrons. The molecule has 0 spiro atoms. The molecule has 0 heterocycles. The molecule has 1 fully saturated rings. The molecule has 3 nitrogen and oxygen atoms in total. The van der Waals surface area contributed by atoms with E-state index in [0.29, 0.717) is 0 Å². The molecule has 0 aliphatic heterocycles. The second-order valence-corrected chi connectivity index (χ2v) is 5.46. The summed E-state index contributed by atoms with van der Waals surface area (Å²) in [6, 6.07) is 0. The predicted octanol–water partition coefficient (Wildman–Crippen LogP) is 2.27. The van der Waals surface area contributed by atoms with Crippen LogP contribution in [0.15, 0.2) is 0 Å². The molecule has 0 aromatic carbocycles. The van der Waals surface area contributed by atoms with Crippen LogP contribution >= 0.6 is 0 Å². The van der Waals surface area contributed by atoms with E-state index in [9.17, 15) is 4.79 Å². The molecule has 15 heavy (non-hydrogen) atoms. The first-order valence-corrected chi connectivity index (χ1v) is 5.92. The smallest absolute Gasteiger partial charge is 0.303 e. The molecular weight excluding hydrogens is 190 g/mol.